The molecule has 12 heavy (non-hydrogen) atoms. The molecule has 0 aromatic carbocycles. The first-order valence-corrected chi connectivity index (χ1v) is 3.50. The summed E-state index contributed by atoms with van der Waals surface area (Å²) >= 11 is 1.16. The SMILES string of the molecule is COC(=O)c1nncs1.[N-]=C=O. The van der Waals surface area contributed by atoms with Gasteiger partial charge in [0.25, 0.3) is 0 Å². The molecule has 0 aliphatic heterocycles. The van der Waals surface area contributed by atoms with E-state index in [1.165, 1.54) is 12.6 Å². The van der Waals surface area contributed by atoms with E-state index >= 15 is 0 Å². The van der Waals surface area contributed by atoms with Gasteiger partial charge in [0.15, 0.2) is 0 Å². The van der Waals surface area contributed by atoms with Gasteiger partial charge in [-0.15, -0.1) is 10.2 Å². The van der Waals surface area contributed by atoms with Crippen molar-refractivity contribution in [1.82, 2.24) is 10.2 Å². The molecule has 0 radical (unpaired) electrons. The van der Waals surface area contributed by atoms with Crippen LogP contribution in [-0.4, -0.2) is 29.4 Å². The number of nitrogens with zero attached hydrogens (tertiary/aromatic N) is 3. The van der Waals surface area contributed by atoms with Crippen LogP contribution in [0.25, 0.3) is 5.41 Å². The number of esters is 1. The normalized spacial score (nSPS) is 7.42. The zero-order valence-electron chi connectivity index (χ0n) is 6.05. The Bertz CT molecular complexity index is 265. The van der Waals surface area contributed by atoms with Crippen molar-refractivity contribution >= 4 is 23.4 Å². The number of carbonyl (C=O) groups is 1. The zero-order valence-corrected chi connectivity index (χ0v) is 6.87. The lowest BCUT2D eigenvalue weighted by Gasteiger charge is -1.87. The average molecular weight is 186 g/mol. The third-order valence-electron chi connectivity index (χ3n) is 0.720. The van der Waals surface area contributed by atoms with Gasteiger partial charge in [0.05, 0.1) is 7.11 Å². The van der Waals surface area contributed by atoms with Crippen LogP contribution >= 0.6 is 11.3 Å². The highest BCUT2D eigenvalue weighted by Gasteiger charge is 2.06. The summed E-state index contributed by atoms with van der Waals surface area (Å²) < 4.78 is 4.36. The van der Waals surface area contributed by atoms with Crippen LogP contribution in [0.4, 0.5) is 0 Å². The molecule has 0 saturated carbocycles. The van der Waals surface area contributed by atoms with Crippen molar-refractivity contribution < 1.29 is 14.3 Å². The number of carbonyl (C=O) groups excluding carboxylic acids is 2. The Labute approximate surface area is 71.7 Å². The minimum absolute atomic E-state index is 0.289. The van der Waals surface area contributed by atoms with E-state index in [1.54, 1.807) is 0 Å². The predicted octanol–water partition coefficient (Wildman–Crippen LogP) is 0.216. The molecule has 1 rings (SSSR count). The Hall–Kier alpha value is -1.59. The Morgan fingerprint density at radius 1 is 1.83 bits per heavy atom. The molecule has 0 N–H and O–H groups in total. The quantitative estimate of drug-likeness (QED) is 0.355. The Morgan fingerprint density at radius 2 is 2.42 bits per heavy atom. The number of rotatable bonds is 1. The van der Waals surface area contributed by atoms with E-state index in [4.69, 9.17) is 10.2 Å². The maximum atomic E-state index is 10.6. The van der Waals surface area contributed by atoms with Crippen LogP contribution in [0.2, 0.25) is 0 Å². The van der Waals surface area contributed by atoms with Gasteiger partial charge in [-0.1, -0.05) is 11.3 Å². The Kier molecular flexibility index (Phi) is 5.33. The topological polar surface area (TPSA) is 91.4 Å². The summed E-state index contributed by atoms with van der Waals surface area (Å²) in [5, 5.41) is 14.0. The molecule has 64 valence electrons. The number of aromatic nitrogens is 2. The summed E-state index contributed by atoms with van der Waals surface area (Å²) in [6.07, 6.45) is 0.500. The summed E-state index contributed by atoms with van der Waals surface area (Å²) in [6, 6.07) is 0. The van der Waals surface area contributed by atoms with Crippen molar-refractivity contribution in [2.24, 2.45) is 0 Å². The minimum atomic E-state index is -0.433. The van der Waals surface area contributed by atoms with Crippen LogP contribution in [0.1, 0.15) is 9.80 Å². The molecule has 1 heterocycles. The smallest absolute Gasteiger partial charge is 0.369 e. The molecular weight excluding hydrogens is 182 g/mol. The van der Waals surface area contributed by atoms with Gasteiger partial charge in [-0.2, -0.15) is 0 Å². The van der Waals surface area contributed by atoms with Crippen molar-refractivity contribution in [3.05, 3.63) is 15.9 Å². The monoisotopic (exact) mass is 186 g/mol. The van der Waals surface area contributed by atoms with E-state index < -0.39 is 5.97 Å². The summed E-state index contributed by atoms with van der Waals surface area (Å²) in [7, 11) is 1.31. The molecule has 1 aromatic heterocycles. The molecule has 1 aromatic rings. The fraction of sp³-hybridized carbons (Fsp3) is 0.200. The van der Waals surface area contributed by atoms with E-state index in [0.29, 0.717) is 6.08 Å². The van der Waals surface area contributed by atoms with E-state index in [2.05, 4.69) is 14.9 Å². The van der Waals surface area contributed by atoms with Crippen LogP contribution in [0.5, 0.6) is 0 Å². The summed E-state index contributed by atoms with van der Waals surface area (Å²) in [6.45, 7) is 0. The van der Waals surface area contributed by atoms with E-state index in [1.807, 2.05) is 0 Å². The third kappa shape index (κ3) is 3.55. The number of ether oxygens (including phenoxy) is 1. The summed E-state index contributed by atoms with van der Waals surface area (Å²) in [5.41, 5.74) is 1.48. The number of isocyanates is 1. The number of hydrogen-bond acceptors (Lipinski definition) is 6. The first-order chi connectivity index (χ1) is 5.76. The van der Waals surface area contributed by atoms with Crippen molar-refractivity contribution in [2.45, 2.75) is 0 Å². The molecule has 0 fully saturated rings. The first-order valence-electron chi connectivity index (χ1n) is 2.62. The van der Waals surface area contributed by atoms with Crippen LogP contribution in [0, 0.1) is 0 Å². The second-order valence-corrected chi connectivity index (χ2v) is 2.16. The lowest BCUT2D eigenvalue weighted by molar-refractivity contribution is 0.0599. The largest absolute Gasteiger partial charge is 0.724 e. The highest BCUT2D eigenvalue weighted by molar-refractivity contribution is 7.11. The molecule has 0 amide bonds. The average Bonchev–Trinajstić information content (AvgIpc) is 2.56. The van der Waals surface area contributed by atoms with Crippen LogP contribution in [0.15, 0.2) is 5.51 Å². The molecule has 0 atom stereocenters. The summed E-state index contributed by atoms with van der Waals surface area (Å²) in [5.74, 6) is -0.433. The number of hydrogen-bond donors (Lipinski definition) is 0. The Balaban J connectivity index is 0.000000354. The molecule has 6 nitrogen and oxygen atoms in total. The van der Waals surface area contributed by atoms with Gasteiger partial charge >= 0.3 is 5.97 Å². The molecule has 0 unspecified atom stereocenters. The summed E-state index contributed by atoms with van der Waals surface area (Å²) in [4.78, 5) is 18.8. The van der Waals surface area contributed by atoms with E-state index in [-0.39, 0.29) is 5.01 Å². The molecule has 0 aliphatic carbocycles. The van der Waals surface area contributed by atoms with Crippen molar-refractivity contribution in [3.8, 4) is 0 Å². The standard InChI is InChI=1S/C4H4N2O2S.CNO/c1-8-4(7)3-6-5-2-9-3;2-1-3/h2H,1H3;/q;-1. The molecule has 0 aliphatic rings. The minimum Gasteiger partial charge on any atom is -0.724 e. The van der Waals surface area contributed by atoms with Gasteiger partial charge < -0.3 is 10.1 Å². The predicted molar refractivity (Wildman–Crippen MR) is 40.3 cm³/mol. The van der Waals surface area contributed by atoms with Gasteiger partial charge in [-0.3, -0.25) is 4.79 Å². The maximum absolute atomic E-state index is 10.6. The maximum Gasteiger partial charge on any atom is 0.369 e. The fourth-order valence-corrected chi connectivity index (χ4v) is 0.817. The second kappa shape index (κ2) is 6.14. The van der Waals surface area contributed by atoms with E-state index in [9.17, 15) is 4.79 Å². The van der Waals surface area contributed by atoms with Gasteiger partial charge in [0.1, 0.15) is 5.51 Å². The van der Waals surface area contributed by atoms with Crippen LogP contribution in [0.3, 0.4) is 0 Å². The van der Waals surface area contributed by atoms with Crippen molar-refractivity contribution in [2.75, 3.05) is 7.11 Å². The molecule has 0 bridgehead atoms. The molecular formula is C5H4N3O3S-. The highest BCUT2D eigenvalue weighted by atomic mass is 32.1. The lowest BCUT2D eigenvalue weighted by Crippen LogP contribution is -1.99. The van der Waals surface area contributed by atoms with Gasteiger partial charge in [0, 0.05) is 0 Å². The van der Waals surface area contributed by atoms with Gasteiger partial charge in [-0.05, 0) is 6.08 Å². The second-order valence-electron chi connectivity index (χ2n) is 1.33. The van der Waals surface area contributed by atoms with Crippen molar-refractivity contribution in [3.63, 3.8) is 0 Å². The molecule has 0 spiro atoms. The third-order valence-corrected chi connectivity index (χ3v) is 1.39. The first kappa shape index (κ1) is 10.4. The van der Waals surface area contributed by atoms with Gasteiger partial charge in [0.2, 0.25) is 5.01 Å². The van der Waals surface area contributed by atoms with Crippen LogP contribution < -0.4 is 0 Å². The highest BCUT2D eigenvalue weighted by Crippen LogP contribution is 2.01. The number of methoxy groups -OCH3 is 1. The Morgan fingerprint density at radius 3 is 2.75 bits per heavy atom. The molecule has 0 saturated heterocycles. The zero-order chi connectivity index (χ0) is 9.40. The fourth-order valence-electron chi connectivity index (χ4n) is 0.349. The molecule has 7 heteroatoms. The lowest BCUT2D eigenvalue weighted by atomic mass is 10.7. The van der Waals surface area contributed by atoms with Gasteiger partial charge in [-0.25, -0.2) is 4.79 Å². The van der Waals surface area contributed by atoms with E-state index in [0.717, 1.165) is 11.3 Å². The van der Waals surface area contributed by atoms with Crippen molar-refractivity contribution in [1.29, 1.82) is 0 Å². The van der Waals surface area contributed by atoms with Crippen LogP contribution in [-0.2, 0) is 9.53 Å².